The molecule has 0 amide bonds. The fraction of sp³-hybridized carbons (Fsp3) is 0.235. The summed E-state index contributed by atoms with van der Waals surface area (Å²) in [5.41, 5.74) is 2.77. The summed E-state index contributed by atoms with van der Waals surface area (Å²) >= 11 is 0. The van der Waals surface area contributed by atoms with Crippen molar-refractivity contribution >= 4 is 5.69 Å². The number of hydrogen-bond acceptors (Lipinski definition) is 4. The first-order chi connectivity index (χ1) is 10.3. The summed E-state index contributed by atoms with van der Waals surface area (Å²) < 4.78 is 10.8. The quantitative estimate of drug-likeness (QED) is 0.792. The average molecular weight is 282 g/mol. The fourth-order valence-electron chi connectivity index (χ4n) is 1.98. The van der Waals surface area contributed by atoms with Crippen LogP contribution in [-0.4, -0.2) is 20.3 Å². The number of ether oxygens (including phenoxy) is 2. The molecule has 2 aromatic carbocycles. The Balaban J connectivity index is 1.83. The summed E-state index contributed by atoms with van der Waals surface area (Å²) in [5, 5.41) is 12.2. The van der Waals surface area contributed by atoms with Gasteiger partial charge in [0.05, 0.1) is 18.2 Å². The third-order valence-electron chi connectivity index (χ3n) is 2.97. The van der Waals surface area contributed by atoms with Crippen LogP contribution < -0.4 is 10.1 Å². The first-order valence-electron chi connectivity index (χ1n) is 6.77. The highest BCUT2D eigenvalue weighted by atomic mass is 16.5. The van der Waals surface area contributed by atoms with Crippen molar-refractivity contribution < 1.29 is 9.47 Å². The van der Waals surface area contributed by atoms with Crippen LogP contribution in [0.5, 0.6) is 5.75 Å². The van der Waals surface area contributed by atoms with E-state index in [1.54, 1.807) is 19.2 Å². The van der Waals surface area contributed by atoms with Gasteiger partial charge in [0.25, 0.3) is 0 Å². The van der Waals surface area contributed by atoms with Crippen LogP contribution in [-0.2, 0) is 11.3 Å². The molecule has 0 aliphatic heterocycles. The van der Waals surface area contributed by atoms with E-state index in [1.807, 2.05) is 36.4 Å². The minimum absolute atomic E-state index is 0.524. The summed E-state index contributed by atoms with van der Waals surface area (Å²) in [5.74, 6) is 0.709. The van der Waals surface area contributed by atoms with Crippen LogP contribution in [0.1, 0.15) is 11.1 Å². The Labute approximate surface area is 124 Å². The van der Waals surface area contributed by atoms with Crippen molar-refractivity contribution in [1.82, 2.24) is 0 Å². The number of rotatable bonds is 7. The summed E-state index contributed by atoms with van der Waals surface area (Å²) in [7, 11) is 1.68. The average Bonchev–Trinajstić information content (AvgIpc) is 2.53. The molecule has 0 fully saturated rings. The van der Waals surface area contributed by atoms with E-state index in [4.69, 9.17) is 14.7 Å². The van der Waals surface area contributed by atoms with Crippen molar-refractivity contribution in [3.63, 3.8) is 0 Å². The molecule has 0 radical (unpaired) electrons. The number of nitrogens with zero attached hydrogens (tertiary/aromatic N) is 1. The van der Waals surface area contributed by atoms with Crippen molar-refractivity contribution in [1.29, 1.82) is 5.26 Å². The van der Waals surface area contributed by atoms with E-state index in [0.717, 1.165) is 11.3 Å². The molecule has 1 N–H and O–H groups in total. The number of hydrogen-bond donors (Lipinski definition) is 1. The zero-order valence-electron chi connectivity index (χ0n) is 12.0. The molecule has 0 bridgehead atoms. The summed E-state index contributed by atoms with van der Waals surface area (Å²) in [4.78, 5) is 0. The lowest BCUT2D eigenvalue weighted by Gasteiger charge is -2.12. The second-order valence-electron chi connectivity index (χ2n) is 4.51. The molecule has 0 saturated heterocycles. The molecule has 2 aromatic rings. The summed E-state index contributed by atoms with van der Waals surface area (Å²) in [6.45, 7) is 1.78. The van der Waals surface area contributed by atoms with E-state index in [1.165, 1.54) is 0 Å². The Morgan fingerprint density at radius 1 is 1.14 bits per heavy atom. The second kappa shape index (κ2) is 7.93. The van der Waals surface area contributed by atoms with Gasteiger partial charge in [0, 0.05) is 24.9 Å². The van der Waals surface area contributed by atoms with Crippen LogP contribution in [0.15, 0.2) is 48.5 Å². The normalized spacial score (nSPS) is 9.90. The van der Waals surface area contributed by atoms with E-state index in [2.05, 4.69) is 11.4 Å². The largest absolute Gasteiger partial charge is 0.492 e. The van der Waals surface area contributed by atoms with Crippen LogP contribution >= 0.6 is 0 Å². The molecule has 0 aromatic heterocycles. The Hall–Kier alpha value is -2.51. The van der Waals surface area contributed by atoms with Gasteiger partial charge in [0.15, 0.2) is 0 Å². The molecule has 0 aliphatic rings. The van der Waals surface area contributed by atoms with E-state index >= 15 is 0 Å². The number of methoxy groups -OCH3 is 1. The fourth-order valence-corrected chi connectivity index (χ4v) is 1.98. The first kappa shape index (κ1) is 14.9. The maximum absolute atomic E-state index is 8.83. The number of anilines is 1. The SMILES string of the molecule is COCc1ccccc1NCCOc1cccc(C#N)c1. The lowest BCUT2D eigenvalue weighted by molar-refractivity contribution is 0.185. The molecule has 21 heavy (non-hydrogen) atoms. The van der Waals surface area contributed by atoms with Crippen molar-refractivity contribution in [2.24, 2.45) is 0 Å². The smallest absolute Gasteiger partial charge is 0.120 e. The van der Waals surface area contributed by atoms with Gasteiger partial charge in [-0.05, 0) is 24.3 Å². The van der Waals surface area contributed by atoms with E-state index in [9.17, 15) is 0 Å². The molecule has 4 nitrogen and oxygen atoms in total. The predicted molar refractivity (Wildman–Crippen MR) is 82.3 cm³/mol. The third-order valence-corrected chi connectivity index (χ3v) is 2.97. The molecule has 0 saturated carbocycles. The van der Waals surface area contributed by atoms with Gasteiger partial charge in [0.1, 0.15) is 12.4 Å². The maximum atomic E-state index is 8.83. The Kier molecular flexibility index (Phi) is 5.62. The van der Waals surface area contributed by atoms with E-state index in [0.29, 0.717) is 31.1 Å². The van der Waals surface area contributed by atoms with Gasteiger partial charge in [-0.3, -0.25) is 0 Å². The maximum Gasteiger partial charge on any atom is 0.120 e. The van der Waals surface area contributed by atoms with Gasteiger partial charge in [-0.2, -0.15) is 5.26 Å². The molecular weight excluding hydrogens is 264 g/mol. The van der Waals surface area contributed by atoms with Crippen molar-refractivity contribution in [2.75, 3.05) is 25.6 Å². The Bertz CT molecular complexity index is 620. The molecule has 0 spiro atoms. The number of nitriles is 1. The zero-order valence-corrected chi connectivity index (χ0v) is 12.0. The monoisotopic (exact) mass is 282 g/mol. The number of benzene rings is 2. The minimum Gasteiger partial charge on any atom is -0.492 e. The van der Waals surface area contributed by atoms with E-state index in [-0.39, 0.29) is 0 Å². The molecule has 4 heteroatoms. The highest BCUT2D eigenvalue weighted by molar-refractivity contribution is 5.50. The molecular formula is C17H18N2O2. The topological polar surface area (TPSA) is 54.3 Å². The molecule has 0 atom stereocenters. The van der Waals surface area contributed by atoms with Gasteiger partial charge >= 0.3 is 0 Å². The first-order valence-corrected chi connectivity index (χ1v) is 6.77. The van der Waals surface area contributed by atoms with Crippen molar-refractivity contribution in [2.45, 2.75) is 6.61 Å². The Morgan fingerprint density at radius 3 is 2.81 bits per heavy atom. The van der Waals surface area contributed by atoms with Gasteiger partial charge in [-0.15, -0.1) is 0 Å². The van der Waals surface area contributed by atoms with Gasteiger partial charge in [-0.25, -0.2) is 0 Å². The van der Waals surface area contributed by atoms with Crippen LogP contribution in [0.3, 0.4) is 0 Å². The zero-order chi connectivity index (χ0) is 14.9. The second-order valence-corrected chi connectivity index (χ2v) is 4.51. The highest BCUT2D eigenvalue weighted by Crippen LogP contribution is 2.16. The van der Waals surface area contributed by atoms with Gasteiger partial charge < -0.3 is 14.8 Å². The standard InChI is InChI=1S/C17H18N2O2/c1-20-13-15-6-2-3-8-17(15)19-9-10-21-16-7-4-5-14(11-16)12-18/h2-8,11,19H,9-10,13H2,1H3. The molecule has 108 valence electrons. The Morgan fingerprint density at radius 2 is 2.00 bits per heavy atom. The van der Waals surface area contributed by atoms with Crippen LogP contribution in [0.4, 0.5) is 5.69 Å². The highest BCUT2D eigenvalue weighted by Gasteiger charge is 2.01. The molecule has 2 rings (SSSR count). The molecule has 0 aliphatic carbocycles. The minimum atomic E-state index is 0.524. The molecule has 0 heterocycles. The van der Waals surface area contributed by atoms with Crippen LogP contribution in [0, 0.1) is 11.3 Å². The number of nitrogens with one attached hydrogen (secondary N) is 1. The van der Waals surface area contributed by atoms with Crippen molar-refractivity contribution in [3.05, 3.63) is 59.7 Å². The van der Waals surface area contributed by atoms with Crippen LogP contribution in [0.2, 0.25) is 0 Å². The number of para-hydroxylation sites is 1. The van der Waals surface area contributed by atoms with Gasteiger partial charge in [-0.1, -0.05) is 24.3 Å². The van der Waals surface area contributed by atoms with Crippen LogP contribution in [0.25, 0.3) is 0 Å². The third kappa shape index (κ3) is 4.51. The lowest BCUT2D eigenvalue weighted by atomic mass is 10.2. The van der Waals surface area contributed by atoms with Gasteiger partial charge in [0.2, 0.25) is 0 Å². The summed E-state index contributed by atoms with van der Waals surface area (Å²) in [6.07, 6.45) is 0. The lowest BCUT2D eigenvalue weighted by Crippen LogP contribution is -2.12. The predicted octanol–water partition coefficient (Wildman–Crippen LogP) is 3.20. The van der Waals surface area contributed by atoms with E-state index < -0.39 is 0 Å². The van der Waals surface area contributed by atoms with Crippen molar-refractivity contribution in [3.8, 4) is 11.8 Å². The summed E-state index contributed by atoms with van der Waals surface area (Å²) in [6, 6.07) is 17.3. The molecule has 0 unspecified atom stereocenters.